The number of hydrogen-bond acceptors (Lipinski definition) is 8. The molecule has 0 fully saturated rings. The summed E-state index contributed by atoms with van der Waals surface area (Å²) in [6, 6.07) is 13.5. The van der Waals surface area contributed by atoms with Crippen molar-refractivity contribution in [3.8, 4) is 34.3 Å². The van der Waals surface area contributed by atoms with Crippen LogP contribution in [0.15, 0.2) is 47.0 Å². The molecule has 148 valence electrons. The topological polar surface area (TPSA) is 101 Å². The van der Waals surface area contributed by atoms with Crippen molar-refractivity contribution in [3.05, 3.63) is 53.9 Å². The summed E-state index contributed by atoms with van der Waals surface area (Å²) in [7, 11) is 3.16. The molecule has 0 spiro atoms. The molecule has 29 heavy (non-hydrogen) atoms. The van der Waals surface area contributed by atoms with Crippen molar-refractivity contribution in [2.24, 2.45) is 0 Å². The van der Waals surface area contributed by atoms with Crippen molar-refractivity contribution in [1.82, 2.24) is 30.3 Å². The molecule has 4 rings (SSSR count). The molecule has 0 amide bonds. The number of hydrogen-bond donors (Lipinski definition) is 0. The molecule has 0 aliphatic rings. The number of methoxy groups -OCH3 is 2. The molecule has 0 aliphatic heterocycles. The smallest absolute Gasteiger partial charge is 0.250 e. The zero-order valence-electron chi connectivity index (χ0n) is 16.4. The van der Waals surface area contributed by atoms with Crippen molar-refractivity contribution in [2.75, 3.05) is 14.2 Å². The van der Waals surface area contributed by atoms with E-state index in [0.29, 0.717) is 29.0 Å². The van der Waals surface area contributed by atoms with E-state index in [2.05, 4.69) is 44.6 Å². The number of ether oxygens (including phenoxy) is 2. The molecule has 2 heterocycles. The van der Waals surface area contributed by atoms with Crippen LogP contribution in [0.4, 0.5) is 0 Å². The average Bonchev–Trinajstić information content (AvgIpc) is 3.43. The Kier molecular flexibility index (Phi) is 5.19. The van der Waals surface area contributed by atoms with E-state index >= 15 is 0 Å². The fraction of sp³-hybridized carbons (Fsp3) is 0.250. The number of benzene rings is 2. The number of rotatable bonds is 7. The highest BCUT2D eigenvalue weighted by Gasteiger charge is 2.14. The first-order valence-corrected chi connectivity index (χ1v) is 9.12. The van der Waals surface area contributed by atoms with E-state index < -0.39 is 0 Å². The molecule has 9 nitrogen and oxygen atoms in total. The first-order valence-electron chi connectivity index (χ1n) is 9.12. The Morgan fingerprint density at radius 1 is 0.931 bits per heavy atom. The van der Waals surface area contributed by atoms with E-state index in [1.807, 2.05) is 18.2 Å². The highest BCUT2D eigenvalue weighted by molar-refractivity contribution is 5.60. The molecular weight excluding hydrogens is 372 g/mol. The zero-order valence-corrected chi connectivity index (χ0v) is 16.4. The summed E-state index contributed by atoms with van der Waals surface area (Å²) >= 11 is 0. The molecule has 0 saturated heterocycles. The van der Waals surface area contributed by atoms with E-state index in [9.17, 15) is 0 Å². The largest absolute Gasteiger partial charge is 0.493 e. The standard InChI is InChI=1S/C20H20N6O3/c1-4-13-5-7-14(8-6-13)20-22-25-26(23-20)12-18-21-19(24-29-18)15-9-10-16(27-2)17(11-15)28-3/h5-11H,4,12H2,1-3H3. The van der Waals surface area contributed by atoms with Gasteiger partial charge in [-0.3, -0.25) is 0 Å². The highest BCUT2D eigenvalue weighted by atomic mass is 16.5. The predicted molar refractivity (Wildman–Crippen MR) is 105 cm³/mol. The van der Waals surface area contributed by atoms with Crippen LogP contribution in [0.1, 0.15) is 18.4 Å². The van der Waals surface area contributed by atoms with Crippen molar-refractivity contribution < 1.29 is 14.0 Å². The Morgan fingerprint density at radius 2 is 1.69 bits per heavy atom. The third-order valence-corrected chi connectivity index (χ3v) is 4.46. The van der Waals surface area contributed by atoms with Crippen LogP contribution < -0.4 is 9.47 Å². The predicted octanol–water partition coefficient (Wildman–Crippen LogP) is 3.02. The highest BCUT2D eigenvalue weighted by Crippen LogP contribution is 2.31. The lowest BCUT2D eigenvalue weighted by Crippen LogP contribution is -2.04. The van der Waals surface area contributed by atoms with Crippen LogP contribution in [0.2, 0.25) is 0 Å². The SMILES string of the molecule is CCc1ccc(-c2nnn(Cc3nc(-c4ccc(OC)c(OC)c4)no3)n2)cc1. The van der Waals surface area contributed by atoms with E-state index in [1.165, 1.54) is 10.4 Å². The van der Waals surface area contributed by atoms with Gasteiger partial charge in [-0.1, -0.05) is 36.3 Å². The van der Waals surface area contributed by atoms with Gasteiger partial charge in [0.25, 0.3) is 5.89 Å². The van der Waals surface area contributed by atoms with Gasteiger partial charge in [0.05, 0.1) is 14.2 Å². The Morgan fingerprint density at radius 3 is 2.41 bits per heavy atom. The first-order chi connectivity index (χ1) is 14.2. The Bertz CT molecular complexity index is 1100. The molecule has 0 atom stereocenters. The van der Waals surface area contributed by atoms with Gasteiger partial charge in [0.2, 0.25) is 11.6 Å². The molecule has 0 saturated carbocycles. The van der Waals surface area contributed by atoms with Gasteiger partial charge >= 0.3 is 0 Å². The van der Waals surface area contributed by atoms with Gasteiger partial charge in [-0.2, -0.15) is 9.78 Å². The summed E-state index contributed by atoms with van der Waals surface area (Å²) in [6.07, 6.45) is 0.986. The second-order valence-corrected chi connectivity index (χ2v) is 6.28. The Balaban J connectivity index is 1.50. The Hall–Kier alpha value is -3.75. The summed E-state index contributed by atoms with van der Waals surface area (Å²) in [5.74, 6) is 2.59. The van der Waals surface area contributed by atoms with Crippen LogP contribution in [-0.4, -0.2) is 44.6 Å². The lowest BCUT2D eigenvalue weighted by Gasteiger charge is -2.07. The Labute approximate surface area is 167 Å². The normalized spacial score (nSPS) is 10.9. The fourth-order valence-electron chi connectivity index (χ4n) is 2.85. The molecular formula is C20H20N6O3. The van der Waals surface area contributed by atoms with Crippen LogP contribution in [0.25, 0.3) is 22.8 Å². The summed E-state index contributed by atoms with van der Waals surface area (Å²) in [4.78, 5) is 5.83. The van der Waals surface area contributed by atoms with Gasteiger partial charge in [0.15, 0.2) is 11.5 Å². The van der Waals surface area contributed by atoms with Gasteiger partial charge < -0.3 is 14.0 Å². The second kappa shape index (κ2) is 8.09. The van der Waals surface area contributed by atoms with Crippen LogP contribution in [0.5, 0.6) is 11.5 Å². The van der Waals surface area contributed by atoms with Crippen molar-refractivity contribution in [2.45, 2.75) is 19.9 Å². The lowest BCUT2D eigenvalue weighted by molar-refractivity contribution is 0.354. The van der Waals surface area contributed by atoms with Crippen molar-refractivity contribution >= 4 is 0 Å². The van der Waals surface area contributed by atoms with E-state index in [-0.39, 0.29) is 6.54 Å². The molecule has 0 bridgehead atoms. The molecule has 0 aliphatic carbocycles. The molecule has 2 aromatic carbocycles. The van der Waals surface area contributed by atoms with Crippen molar-refractivity contribution in [1.29, 1.82) is 0 Å². The fourth-order valence-corrected chi connectivity index (χ4v) is 2.85. The second-order valence-electron chi connectivity index (χ2n) is 6.28. The quantitative estimate of drug-likeness (QED) is 0.473. The van der Waals surface area contributed by atoms with Crippen molar-refractivity contribution in [3.63, 3.8) is 0 Å². The van der Waals surface area contributed by atoms with E-state index in [0.717, 1.165) is 17.5 Å². The van der Waals surface area contributed by atoms with Gasteiger partial charge in [0.1, 0.15) is 6.54 Å². The average molecular weight is 392 g/mol. The maximum atomic E-state index is 5.34. The minimum Gasteiger partial charge on any atom is -0.493 e. The summed E-state index contributed by atoms with van der Waals surface area (Å²) in [6.45, 7) is 2.34. The van der Waals surface area contributed by atoms with Crippen LogP contribution in [0.3, 0.4) is 0 Å². The van der Waals surface area contributed by atoms with Gasteiger partial charge in [-0.25, -0.2) is 0 Å². The first kappa shape index (κ1) is 18.6. The minimum atomic E-state index is 0.223. The summed E-state index contributed by atoms with van der Waals surface area (Å²) in [5, 5.41) is 16.6. The van der Waals surface area contributed by atoms with Crippen LogP contribution >= 0.6 is 0 Å². The van der Waals surface area contributed by atoms with Crippen LogP contribution in [-0.2, 0) is 13.0 Å². The molecule has 9 heteroatoms. The van der Waals surface area contributed by atoms with E-state index in [4.69, 9.17) is 14.0 Å². The molecule has 0 unspecified atom stereocenters. The monoisotopic (exact) mass is 392 g/mol. The molecule has 4 aromatic rings. The molecule has 2 aromatic heterocycles. The molecule has 0 radical (unpaired) electrons. The minimum absolute atomic E-state index is 0.223. The third-order valence-electron chi connectivity index (χ3n) is 4.46. The zero-order chi connectivity index (χ0) is 20.2. The number of nitrogens with zero attached hydrogens (tertiary/aromatic N) is 6. The number of tetrazole rings is 1. The van der Waals surface area contributed by atoms with Gasteiger partial charge in [-0.15, -0.1) is 10.2 Å². The maximum absolute atomic E-state index is 5.34. The summed E-state index contributed by atoms with van der Waals surface area (Å²) in [5.41, 5.74) is 2.92. The summed E-state index contributed by atoms with van der Waals surface area (Å²) < 4.78 is 15.9. The van der Waals surface area contributed by atoms with Crippen LogP contribution in [0, 0.1) is 0 Å². The maximum Gasteiger partial charge on any atom is 0.250 e. The number of aromatic nitrogens is 6. The van der Waals surface area contributed by atoms with Gasteiger partial charge in [0, 0.05) is 11.1 Å². The third kappa shape index (κ3) is 3.93. The lowest BCUT2D eigenvalue weighted by atomic mass is 10.1. The van der Waals surface area contributed by atoms with E-state index in [1.54, 1.807) is 26.4 Å². The molecule has 0 N–H and O–H groups in total. The van der Waals surface area contributed by atoms with Gasteiger partial charge in [-0.05, 0) is 35.4 Å². The number of aryl methyl sites for hydroxylation is 1.